The number of methoxy groups -OCH3 is 4. The fourth-order valence-electron chi connectivity index (χ4n) is 4.15. The standard InChI is InChI=1S/C22H30N2O8S2/c1-15-13-23(33(25,26)17-7-9-19(29-3)21(11-17)31-5)14-16(2)24(15)34(27,28)18-8-10-20(30-4)22(12-18)32-6/h7-12,15-16H,13-14H2,1-6H3. The number of sulfonamides is 2. The fraction of sp³-hybridized carbons (Fsp3) is 0.455. The van der Waals surface area contributed by atoms with Crippen molar-refractivity contribution in [3.05, 3.63) is 36.4 Å². The molecule has 10 nitrogen and oxygen atoms in total. The van der Waals surface area contributed by atoms with Crippen molar-refractivity contribution < 1.29 is 35.8 Å². The lowest BCUT2D eigenvalue weighted by molar-refractivity contribution is 0.159. The Kier molecular flexibility index (Phi) is 7.65. The lowest BCUT2D eigenvalue weighted by atomic mass is 10.2. The molecule has 2 atom stereocenters. The number of nitrogens with zero attached hydrogens (tertiary/aromatic N) is 2. The van der Waals surface area contributed by atoms with E-state index in [0.717, 1.165) is 0 Å². The molecule has 0 aliphatic carbocycles. The second-order valence-electron chi connectivity index (χ2n) is 7.89. The largest absolute Gasteiger partial charge is 0.493 e. The van der Waals surface area contributed by atoms with E-state index in [4.69, 9.17) is 18.9 Å². The number of hydrogen-bond donors (Lipinski definition) is 0. The third kappa shape index (κ3) is 4.67. The van der Waals surface area contributed by atoms with Gasteiger partial charge in [0.2, 0.25) is 20.0 Å². The van der Waals surface area contributed by atoms with Gasteiger partial charge in [-0.05, 0) is 38.1 Å². The first kappa shape index (κ1) is 26.1. The van der Waals surface area contributed by atoms with Crippen LogP contribution in [0.25, 0.3) is 0 Å². The van der Waals surface area contributed by atoms with Crippen LogP contribution in [0.3, 0.4) is 0 Å². The number of hydrogen-bond acceptors (Lipinski definition) is 8. The van der Waals surface area contributed by atoms with E-state index in [0.29, 0.717) is 23.0 Å². The summed E-state index contributed by atoms with van der Waals surface area (Å²) in [6.45, 7) is 3.36. The zero-order valence-electron chi connectivity index (χ0n) is 20.0. The molecule has 34 heavy (non-hydrogen) atoms. The van der Waals surface area contributed by atoms with Gasteiger partial charge in [-0.1, -0.05) is 0 Å². The van der Waals surface area contributed by atoms with E-state index in [2.05, 4.69) is 0 Å². The zero-order valence-corrected chi connectivity index (χ0v) is 21.6. The smallest absolute Gasteiger partial charge is 0.243 e. The van der Waals surface area contributed by atoms with E-state index < -0.39 is 32.1 Å². The molecule has 2 aromatic rings. The van der Waals surface area contributed by atoms with Crippen molar-refractivity contribution in [3.63, 3.8) is 0 Å². The molecule has 0 aromatic heterocycles. The Morgan fingerprint density at radius 1 is 0.647 bits per heavy atom. The van der Waals surface area contributed by atoms with Gasteiger partial charge >= 0.3 is 0 Å². The van der Waals surface area contributed by atoms with Crippen molar-refractivity contribution in [2.75, 3.05) is 41.5 Å². The highest BCUT2D eigenvalue weighted by molar-refractivity contribution is 7.89. The molecule has 0 saturated carbocycles. The molecule has 0 N–H and O–H groups in total. The number of benzene rings is 2. The highest BCUT2D eigenvalue weighted by Crippen LogP contribution is 2.35. The van der Waals surface area contributed by atoms with Crippen LogP contribution in [-0.2, 0) is 20.0 Å². The van der Waals surface area contributed by atoms with E-state index >= 15 is 0 Å². The second kappa shape index (κ2) is 9.98. The fourth-order valence-corrected chi connectivity index (χ4v) is 7.59. The number of piperazine rings is 1. The van der Waals surface area contributed by atoms with Crippen molar-refractivity contribution in [3.8, 4) is 23.0 Å². The average molecular weight is 515 g/mol. The summed E-state index contributed by atoms with van der Waals surface area (Å²) in [7, 11) is -2.04. The first-order valence-corrected chi connectivity index (χ1v) is 13.4. The highest BCUT2D eigenvalue weighted by atomic mass is 32.2. The summed E-state index contributed by atoms with van der Waals surface area (Å²) in [5, 5.41) is 0. The molecule has 188 valence electrons. The topological polar surface area (TPSA) is 112 Å². The van der Waals surface area contributed by atoms with Gasteiger partial charge in [-0.2, -0.15) is 8.61 Å². The third-order valence-corrected chi connectivity index (χ3v) is 9.68. The molecular weight excluding hydrogens is 484 g/mol. The summed E-state index contributed by atoms with van der Waals surface area (Å²) in [6.07, 6.45) is 0. The Morgan fingerprint density at radius 3 is 1.41 bits per heavy atom. The maximum atomic E-state index is 13.5. The summed E-state index contributed by atoms with van der Waals surface area (Å²) in [5.41, 5.74) is 0. The van der Waals surface area contributed by atoms with Gasteiger partial charge in [-0.3, -0.25) is 0 Å². The average Bonchev–Trinajstić information content (AvgIpc) is 2.82. The van der Waals surface area contributed by atoms with E-state index in [1.807, 2.05) is 0 Å². The van der Waals surface area contributed by atoms with Crippen LogP contribution in [0.1, 0.15) is 13.8 Å². The molecular formula is C22H30N2O8S2. The molecule has 0 spiro atoms. The van der Waals surface area contributed by atoms with Gasteiger partial charge in [0.1, 0.15) is 0 Å². The van der Waals surface area contributed by atoms with Crippen LogP contribution in [0, 0.1) is 0 Å². The van der Waals surface area contributed by atoms with Gasteiger partial charge in [0.05, 0.1) is 38.2 Å². The summed E-state index contributed by atoms with van der Waals surface area (Å²) in [5.74, 6) is 1.40. The molecule has 0 amide bonds. The van der Waals surface area contributed by atoms with Gasteiger partial charge in [0.25, 0.3) is 0 Å². The van der Waals surface area contributed by atoms with E-state index in [9.17, 15) is 16.8 Å². The minimum atomic E-state index is -3.93. The molecule has 2 unspecified atom stereocenters. The van der Waals surface area contributed by atoms with Gasteiger partial charge in [0, 0.05) is 37.3 Å². The Balaban J connectivity index is 1.91. The Hall–Kier alpha value is -2.54. The molecule has 1 aliphatic rings. The number of ether oxygens (including phenoxy) is 4. The Morgan fingerprint density at radius 2 is 1.03 bits per heavy atom. The summed E-state index contributed by atoms with van der Waals surface area (Å²) < 4.78 is 77.2. The van der Waals surface area contributed by atoms with Gasteiger partial charge in [-0.15, -0.1) is 0 Å². The predicted molar refractivity (Wildman–Crippen MR) is 126 cm³/mol. The monoisotopic (exact) mass is 514 g/mol. The van der Waals surface area contributed by atoms with Crippen LogP contribution in [-0.4, -0.2) is 79.1 Å². The lowest BCUT2D eigenvalue weighted by Gasteiger charge is -2.42. The molecule has 1 aliphatic heterocycles. The second-order valence-corrected chi connectivity index (χ2v) is 11.7. The summed E-state index contributed by atoms with van der Waals surface area (Å²) >= 11 is 0. The predicted octanol–water partition coefficient (Wildman–Crippen LogP) is 2.19. The van der Waals surface area contributed by atoms with E-state index in [1.165, 1.54) is 73.4 Å². The summed E-state index contributed by atoms with van der Waals surface area (Å²) in [6, 6.07) is 7.52. The molecule has 1 fully saturated rings. The SMILES string of the molecule is COc1ccc(S(=O)(=O)N2CC(C)N(S(=O)(=O)c3ccc(OC)c(OC)c3)C(C)C2)cc1OC. The zero-order chi connectivity index (χ0) is 25.3. The van der Waals surface area contributed by atoms with Crippen LogP contribution in [0.15, 0.2) is 46.2 Å². The summed E-state index contributed by atoms with van der Waals surface area (Å²) in [4.78, 5) is 0.0841. The van der Waals surface area contributed by atoms with Crippen molar-refractivity contribution in [2.45, 2.75) is 35.7 Å². The molecule has 1 saturated heterocycles. The first-order valence-electron chi connectivity index (χ1n) is 10.5. The van der Waals surface area contributed by atoms with Crippen LogP contribution < -0.4 is 18.9 Å². The van der Waals surface area contributed by atoms with Crippen molar-refractivity contribution in [1.82, 2.24) is 8.61 Å². The molecule has 0 bridgehead atoms. The minimum absolute atomic E-state index is 0.00641. The Labute approximate surface area is 201 Å². The van der Waals surface area contributed by atoms with Crippen LogP contribution in [0.4, 0.5) is 0 Å². The van der Waals surface area contributed by atoms with Crippen LogP contribution >= 0.6 is 0 Å². The van der Waals surface area contributed by atoms with E-state index in [-0.39, 0.29) is 22.9 Å². The molecule has 2 aromatic carbocycles. The Bertz CT molecular complexity index is 1240. The first-order chi connectivity index (χ1) is 16.0. The highest BCUT2D eigenvalue weighted by Gasteiger charge is 2.42. The maximum absolute atomic E-state index is 13.5. The quantitative estimate of drug-likeness (QED) is 0.527. The normalized spacial score (nSPS) is 20.1. The van der Waals surface area contributed by atoms with Gasteiger partial charge in [-0.25, -0.2) is 16.8 Å². The molecule has 12 heteroatoms. The van der Waals surface area contributed by atoms with E-state index in [1.54, 1.807) is 13.8 Å². The third-order valence-electron chi connectivity index (χ3n) is 5.73. The van der Waals surface area contributed by atoms with Crippen molar-refractivity contribution in [2.24, 2.45) is 0 Å². The van der Waals surface area contributed by atoms with Crippen LogP contribution in [0.5, 0.6) is 23.0 Å². The minimum Gasteiger partial charge on any atom is -0.493 e. The van der Waals surface area contributed by atoms with Crippen molar-refractivity contribution in [1.29, 1.82) is 0 Å². The number of rotatable bonds is 8. The lowest BCUT2D eigenvalue weighted by Crippen LogP contribution is -2.59. The van der Waals surface area contributed by atoms with Crippen LogP contribution in [0.2, 0.25) is 0 Å². The van der Waals surface area contributed by atoms with Crippen molar-refractivity contribution >= 4 is 20.0 Å². The molecule has 1 heterocycles. The molecule has 3 rings (SSSR count). The maximum Gasteiger partial charge on any atom is 0.243 e. The van der Waals surface area contributed by atoms with Gasteiger partial charge in [0.15, 0.2) is 23.0 Å². The van der Waals surface area contributed by atoms with Gasteiger partial charge < -0.3 is 18.9 Å². The molecule has 0 radical (unpaired) electrons.